The second-order valence-corrected chi connectivity index (χ2v) is 9.42. The van der Waals surface area contributed by atoms with E-state index in [0.717, 1.165) is 6.26 Å². The number of carbonyl (C=O) groups excluding carboxylic acids is 1. The van der Waals surface area contributed by atoms with Gasteiger partial charge in [0, 0.05) is 23.4 Å². The molecule has 0 atom stereocenters. The fraction of sp³-hybridized carbons (Fsp3) is 0.100. The summed E-state index contributed by atoms with van der Waals surface area (Å²) in [6.07, 6.45) is 2.23. The van der Waals surface area contributed by atoms with E-state index in [1.165, 1.54) is 24.3 Å². The summed E-state index contributed by atoms with van der Waals surface area (Å²) in [6.45, 7) is -0.0231. The van der Waals surface area contributed by atoms with Crippen molar-refractivity contribution in [1.82, 2.24) is 9.36 Å². The Morgan fingerprint density at radius 3 is 2.72 bits per heavy atom. The van der Waals surface area contributed by atoms with Crippen LogP contribution in [0, 0.1) is 17.1 Å². The Balaban J connectivity index is 1.72. The number of nitrogens with one attached hydrogen (secondary N) is 1. The summed E-state index contributed by atoms with van der Waals surface area (Å²) in [5.74, 6) is -0.885. The number of aromatic nitrogens is 2. The molecule has 164 valence electrons. The first kappa shape index (κ1) is 23.3. The minimum absolute atomic E-state index is 0.0231. The van der Waals surface area contributed by atoms with Gasteiger partial charge in [-0.05, 0) is 29.8 Å². The maximum Gasteiger partial charge on any atom is 0.268 e. The zero-order valence-electron chi connectivity index (χ0n) is 16.4. The van der Waals surface area contributed by atoms with E-state index in [1.807, 2.05) is 0 Å². The minimum Gasteiger partial charge on any atom is -0.487 e. The van der Waals surface area contributed by atoms with Crippen molar-refractivity contribution >= 4 is 50.1 Å². The highest BCUT2D eigenvalue weighted by Gasteiger charge is 2.17. The summed E-state index contributed by atoms with van der Waals surface area (Å²) in [5, 5.41) is 11.4. The summed E-state index contributed by atoms with van der Waals surface area (Å²) in [5.41, 5.74) is 0.540. The molecule has 2 aromatic carbocycles. The van der Waals surface area contributed by atoms with Crippen molar-refractivity contribution in [3.8, 4) is 11.8 Å². The number of hydrogen-bond donors (Lipinski definition) is 1. The molecule has 3 aromatic rings. The number of benzene rings is 2. The van der Waals surface area contributed by atoms with Gasteiger partial charge in [0.15, 0.2) is 0 Å². The van der Waals surface area contributed by atoms with E-state index in [2.05, 4.69) is 14.7 Å². The summed E-state index contributed by atoms with van der Waals surface area (Å²) in [6, 6.07) is 12.5. The number of anilines is 1. The van der Waals surface area contributed by atoms with Crippen molar-refractivity contribution in [3.63, 3.8) is 0 Å². The minimum atomic E-state index is -3.62. The van der Waals surface area contributed by atoms with Gasteiger partial charge < -0.3 is 4.74 Å². The van der Waals surface area contributed by atoms with Crippen molar-refractivity contribution in [2.24, 2.45) is 0 Å². The quantitative estimate of drug-likeness (QED) is 0.392. The SMILES string of the molecule is CS(=O)(=O)c1nsc(NC(=O)C(C#N)=Cc2ccc(OCc3ccccc3F)c(Cl)c2)n1. The van der Waals surface area contributed by atoms with E-state index in [9.17, 15) is 22.9 Å². The Bertz CT molecular complexity index is 1350. The number of halogens is 2. The Hall–Kier alpha value is -3.33. The number of sulfone groups is 1. The van der Waals surface area contributed by atoms with Crippen molar-refractivity contribution in [3.05, 3.63) is 70.0 Å². The number of amides is 1. The fourth-order valence-corrected chi connectivity index (χ4v) is 4.07. The van der Waals surface area contributed by atoms with Crippen LogP contribution in [-0.4, -0.2) is 29.9 Å². The standard InChI is InChI=1S/C20H14ClFN4O4S2/c1-32(28,29)20-25-19(31-26-20)24-18(27)14(10-23)8-12-6-7-17(15(21)9-12)30-11-13-4-2-3-5-16(13)22/h2-9H,11H2,1H3,(H,24,25,26,27). The summed E-state index contributed by atoms with van der Waals surface area (Å²) < 4.78 is 45.8. The lowest BCUT2D eigenvalue weighted by atomic mass is 10.1. The van der Waals surface area contributed by atoms with Crippen LogP contribution in [0.2, 0.25) is 5.02 Å². The molecule has 0 spiro atoms. The molecule has 3 rings (SSSR count). The molecule has 12 heteroatoms. The molecule has 1 aromatic heterocycles. The third-order valence-electron chi connectivity index (χ3n) is 3.93. The summed E-state index contributed by atoms with van der Waals surface area (Å²) in [4.78, 5) is 16.1. The molecule has 1 heterocycles. The van der Waals surface area contributed by atoms with Gasteiger partial charge in [-0.25, -0.2) is 12.8 Å². The average molecular weight is 493 g/mol. The maximum atomic E-state index is 13.7. The monoisotopic (exact) mass is 492 g/mol. The molecule has 8 nitrogen and oxygen atoms in total. The molecular weight excluding hydrogens is 479 g/mol. The lowest BCUT2D eigenvalue weighted by Crippen LogP contribution is -2.13. The van der Waals surface area contributed by atoms with Gasteiger partial charge in [-0.2, -0.15) is 14.6 Å². The second-order valence-electron chi connectivity index (χ2n) is 6.35. The number of nitrogens with zero attached hydrogens (tertiary/aromatic N) is 3. The molecule has 0 aliphatic carbocycles. The number of rotatable bonds is 7. The molecule has 0 aliphatic rings. The first-order chi connectivity index (χ1) is 15.2. The first-order valence-corrected chi connectivity index (χ1v) is 11.8. The van der Waals surface area contributed by atoms with E-state index < -0.39 is 26.7 Å². The first-order valence-electron chi connectivity index (χ1n) is 8.80. The molecule has 0 bridgehead atoms. The van der Waals surface area contributed by atoms with Crippen LogP contribution < -0.4 is 10.1 Å². The molecule has 0 radical (unpaired) electrons. The van der Waals surface area contributed by atoms with Gasteiger partial charge in [-0.15, -0.1) is 0 Å². The Kier molecular flexibility index (Phi) is 7.19. The number of hydrogen-bond acceptors (Lipinski definition) is 8. The molecule has 0 saturated carbocycles. The topological polar surface area (TPSA) is 122 Å². The van der Waals surface area contributed by atoms with Crippen LogP contribution in [0.4, 0.5) is 9.52 Å². The third kappa shape index (κ3) is 5.88. The zero-order chi connectivity index (χ0) is 23.3. The van der Waals surface area contributed by atoms with Crippen LogP contribution in [0.5, 0.6) is 5.75 Å². The molecule has 32 heavy (non-hydrogen) atoms. The maximum absolute atomic E-state index is 13.7. The normalized spacial score (nSPS) is 11.6. The van der Waals surface area contributed by atoms with Gasteiger partial charge in [0.2, 0.25) is 15.0 Å². The van der Waals surface area contributed by atoms with E-state index in [-0.39, 0.29) is 22.3 Å². The molecule has 0 aliphatic heterocycles. The van der Waals surface area contributed by atoms with Gasteiger partial charge in [-0.1, -0.05) is 35.9 Å². The highest BCUT2D eigenvalue weighted by atomic mass is 35.5. The van der Waals surface area contributed by atoms with Crippen molar-refractivity contribution in [2.45, 2.75) is 11.8 Å². The van der Waals surface area contributed by atoms with E-state index >= 15 is 0 Å². The van der Waals surface area contributed by atoms with Gasteiger partial charge in [0.25, 0.3) is 11.1 Å². The molecule has 0 unspecified atom stereocenters. The highest BCUT2D eigenvalue weighted by Crippen LogP contribution is 2.27. The number of ether oxygens (including phenoxy) is 1. The molecule has 0 fully saturated rings. The van der Waals surface area contributed by atoms with E-state index in [4.69, 9.17) is 16.3 Å². The average Bonchev–Trinajstić information content (AvgIpc) is 3.21. The largest absolute Gasteiger partial charge is 0.487 e. The summed E-state index contributed by atoms with van der Waals surface area (Å²) >= 11 is 6.89. The van der Waals surface area contributed by atoms with Crippen LogP contribution in [0.1, 0.15) is 11.1 Å². The smallest absolute Gasteiger partial charge is 0.268 e. The van der Waals surface area contributed by atoms with Crippen molar-refractivity contribution in [2.75, 3.05) is 11.6 Å². The summed E-state index contributed by atoms with van der Waals surface area (Å²) in [7, 11) is -3.62. The van der Waals surface area contributed by atoms with Gasteiger partial charge in [0.1, 0.15) is 29.8 Å². The Labute approximate surface area is 192 Å². The predicted molar refractivity (Wildman–Crippen MR) is 117 cm³/mol. The Morgan fingerprint density at radius 1 is 1.34 bits per heavy atom. The molecule has 0 saturated heterocycles. The Morgan fingerprint density at radius 2 is 2.09 bits per heavy atom. The lowest BCUT2D eigenvalue weighted by Gasteiger charge is -2.09. The lowest BCUT2D eigenvalue weighted by molar-refractivity contribution is -0.112. The fourth-order valence-electron chi connectivity index (χ4n) is 2.39. The van der Waals surface area contributed by atoms with Crippen LogP contribution in [0.25, 0.3) is 6.08 Å². The zero-order valence-corrected chi connectivity index (χ0v) is 18.8. The number of nitriles is 1. The highest BCUT2D eigenvalue weighted by molar-refractivity contribution is 7.90. The second kappa shape index (κ2) is 9.86. The van der Waals surface area contributed by atoms with Gasteiger partial charge >= 0.3 is 0 Å². The molecule has 1 N–H and O–H groups in total. The van der Waals surface area contributed by atoms with Gasteiger partial charge in [-0.3, -0.25) is 10.1 Å². The van der Waals surface area contributed by atoms with Crippen LogP contribution >= 0.6 is 23.1 Å². The predicted octanol–water partition coefficient (Wildman–Crippen LogP) is 3.86. The molecule has 1 amide bonds. The van der Waals surface area contributed by atoms with Crippen LogP contribution in [0.15, 0.2) is 53.2 Å². The third-order valence-corrected chi connectivity index (χ3v) is 5.82. The van der Waals surface area contributed by atoms with E-state index in [0.29, 0.717) is 28.4 Å². The van der Waals surface area contributed by atoms with Crippen LogP contribution in [-0.2, 0) is 21.2 Å². The van der Waals surface area contributed by atoms with E-state index in [1.54, 1.807) is 30.3 Å². The molecular formula is C20H14ClFN4O4S2. The van der Waals surface area contributed by atoms with Crippen molar-refractivity contribution in [1.29, 1.82) is 5.26 Å². The van der Waals surface area contributed by atoms with Crippen LogP contribution in [0.3, 0.4) is 0 Å². The van der Waals surface area contributed by atoms with Crippen molar-refractivity contribution < 1.29 is 22.3 Å². The number of carbonyl (C=O) groups is 1. The van der Waals surface area contributed by atoms with Gasteiger partial charge in [0.05, 0.1) is 5.02 Å².